The zero-order valence-electron chi connectivity index (χ0n) is 12.3. The molecule has 1 heterocycles. The lowest BCUT2D eigenvalue weighted by Gasteiger charge is -2.25. The number of nitrogen functional groups attached to an aromatic ring is 1. The number of nitrogens with one attached hydrogen (secondary N) is 1. The molecule has 106 valence electrons. The van der Waals surface area contributed by atoms with Crippen molar-refractivity contribution in [2.45, 2.75) is 40.2 Å². The molecule has 0 bridgehead atoms. The number of pyridine rings is 1. The molecule has 0 unspecified atom stereocenters. The number of rotatable bonds is 8. The zero-order valence-corrected chi connectivity index (χ0v) is 12.3. The Kier molecular flexibility index (Phi) is 6.50. The van der Waals surface area contributed by atoms with Crippen LogP contribution in [0.5, 0.6) is 0 Å². The number of aromatic nitrogens is 1. The van der Waals surface area contributed by atoms with Gasteiger partial charge in [-0.25, -0.2) is 0 Å². The lowest BCUT2D eigenvalue weighted by Crippen LogP contribution is -2.30. The quantitative estimate of drug-likeness (QED) is 0.559. The van der Waals surface area contributed by atoms with E-state index in [2.05, 4.69) is 30.7 Å². The minimum atomic E-state index is 0.0502. The molecule has 0 spiro atoms. The van der Waals surface area contributed by atoms with Gasteiger partial charge in [0.25, 0.3) is 0 Å². The van der Waals surface area contributed by atoms with Gasteiger partial charge in [0.15, 0.2) is 0 Å². The first-order valence-corrected chi connectivity index (χ1v) is 7.12. The maximum atomic E-state index is 7.59. The van der Waals surface area contributed by atoms with E-state index in [0.29, 0.717) is 5.69 Å². The van der Waals surface area contributed by atoms with E-state index in [-0.39, 0.29) is 5.84 Å². The van der Waals surface area contributed by atoms with Gasteiger partial charge in [-0.3, -0.25) is 15.3 Å². The van der Waals surface area contributed by atoms with Gasteiger partial charge in [-0.2, -0.15) is 0 Å². The first-order valence-electron chi connectivity index (χ1n) is 7.12. The van der Waals surface area contributed by atoms with Gasteiger partial charge >= 0.3 is 0 Å². The standard InChI is InChI=1S/C15H26N4/c1-4-12(5-2)10-19(6-3)11-13-8-7-9-18-14(13)15(16)17/h7-9,12H,4-6,10-11H2,1-3H3,(H3,16,17). The second-order valence-electron chi connectivity index (χ2n) is 4.94. The number of hydrogen-bond donors (Lipinski definition) is 2. The fraction of sp³-hybridized carbons (Fsp3) is 0.600. The van der Waals surface area contributed by atoms with Crippen LogP contribution in [0, 0.1) is 11.3 Å². The normalized spacial score (nSPS) is 11.2. The summed E-state index contributed by atoms with van der Waals surface area (Å²) in [4.78, 5) is 6.61. The van der Waals surface area contributed by atoms with Crippen LogP contribution in [0.4, 0.5) is 0 Å². The molecule has 3 N–H and O–H groups in total. The fourth-order valence-corrected chi connectivity index (χ4v) is 2.27. The Hall–Kier alpha value is -1.42. The van der Waals surface area contributed by atoms with Crippen molar-refractivity contribution >= 4 is 5.84 Å². The summed E-state index contributed by atoms with van der Waals surface area (Å²) in [5, 5.41) is 7.59. The maximum Gasteiger partial charge on any atom is 0.142 e. The molecule has 0 aliphatic heterocycles. The first-order chi connectivity index (χ1) is 9.12. The summed E-state index contributed by atoms with van der Waals surface area (Å²) >= 11 is 0. The summed E-state index contributed by atoms with van der Waals surface area (Å²) in [6.07, 6.45) is 4.11. The number of nitrogens with two attached hydrogens (primary N) is 1. The van der Waals surface area contributed by atoms with Crippen molar-refractivity contribution in [3.05, 3.63) is 29.6 Å². The lowest BCUT2D eigenvalue weighted by atomic mass is 10.0. The van der Waals surface area contributed by atoms with E-state index in [0.717, 1.165) is 31.1 Å². The molecular weight excluding hydrogens is 236 g/mol. The fourth-order valence-electron chi connectivity index (χ4n) is 2.27. The molecule has 0 aliphatic rings. The molecule has 0 radical (unpaired) electrons. The average Bonchev–Trinajstić information content (AvgIpc) is 2.43. The Balaban J connectivity index is 2.78. The topological polar surface area (TPSA) is 66.0 Å². The molecule has 1 aromatic heterocycles. The van der Waals surface area contributed by atoms with Crippen molar-refractivity contribution in [3.8, 4) is 0 Å². The second-order valence-corrected chi connectivity index (χ2v) is 4.94. The van der Waals surface area contributed by atoms with E-state index in [1.807, 2.05) is 12.1 Å². The van der Waals surface area contributed by atoms with E-state index < -0.39 is 0 Å². The summed E-state index contributed by atoms with van der Waals surface area (Å²) < 4.78 is 0. The minimum Gasteiger partial charge on any atom is -0.382 e. The van der Waals surface area contributed by atoms with Crippen LogP contribution >= 0.6 is 0 Å². The summed E-state index contributed by atoms with van der Waals surface area (Å²) in [5.74, 6) is 0.784. The highest BCUT2D eigenvalue weighted by Crippen LogP contribution is 2.14. The average molecular weight is 262 g/mol. The Labute approximate surface area is 116 Å². The van der Waals surface area contributed by atoms with E-state index in [1.165, 1.54) is 12.8 Å². The van der Waals surface area contributed by atoms with Gasteiger partial charge in [0.2, 0.25) is 0 Å². The number of hydrogen-bond acceptors (Lipinski definition) is 3. The van der Waals surface area contributed by atoms with Gasteiger partial charge in [0, 0.05) is 19.3 Å². The molecule has 19 heavy (non-hydrogen) atoms. The largest absolute Gasteiger partial charge is 0.382 e. The third-order valence-electron chi connectivity index (χ3n) is 3.66. The van der Waals surface area contributed by atoms with Crippen LogP contribution < -0.4 is 5.73 Å². The third-order valence-corrected chi connectivity index (χ3v) is 3.66. The first kappa shape index (κ1) is 15.6. The Morgan fingerprint density at radius 1 is 1.37 bits per heavy atom. The van der Waals surface area contributed by atoms with Crippen molar-refractivity contribution in [3.63, 3.8) is 0 Å². The highest BCUT2D eigenvalue weighted by atomic mass is 15.1. The number of amidine groups is 1. The number of nitrogens with zero attached hydrogens (tertiary/aromatic N) is 2. The molecule has 0 aliphatic carbocycles. The van der Waals surface area contributed by atoms with E-state index in [1.54, 1.807) is 6.20 Å². The molecule has 1 aromatic rings. The Bertz CT molecular complexity index is 399. The van der Waals surface area contributed by atoms with E-state index in [4.69, 9.17) is 11.1 Å². The van der Waals surface area contributed by atoms with Crippen LogP contribution in [0.1, 0.15) is 44.9 Å². The van der Waals surface area contributed by atoms with Crippen LogP contribution in [0.2, 0.25) is 0 Å². The van der Waals surface area contributed by atoms with Crippen molar-refractivity contribution in [2.75, 3.05) is 13.1 Å². The molecule has 0 aromatic carbocycles. The molecule has 4 heteroatoms. The molecular formula is C15H26N4. The highest BCUT2D eigenvalue weighted by molar-refractivity contribution is 5.94. The molecule has 0 amide bonds. The monoisotopic (exact) mass is 262 g/mol. The molecule has 0 fully saturated rings. The van der Waals surface area contributed by atoms with E-state index in [9.17, 15) is 0 Å². The summed E-state index contributed by atoms with van der Waals surface area (Å²) in [7, 11) is 0. The summed E-state index contributed by atoms with van der Waals surface area (Å²) in [6, 6.07) is 3.92. The second kappa shape index (κ2) is 7.89. The van der Waals surface area contributed by atoms with Gasteiger partial charge in [-0.05, 0) is 24.1 Å². The Morgan fingerprint density at radius 3 is 2.58 bits per heavy atom. The SMILES string of the molecule is CCC(CC)CN(CC)Cc1cccnc1C(=N)N. The Morgan fingerprint density at radius 2 is 2.05 bits per heavy atom. The molecule has 0 saturated heterocycles. The van der Waals surface area contributed by atoms with Crippen molar-refractivity contribution in [1.82, 2.24) is 9.88 Å². The minimum absolute atomic E-state index is 0.0502. The zero-order chi connectivity index (χ0) is 14.3. The predicted molar refractivity (Wildman–Crippen MR) is 80.3 cm³/mol. The van der Waals surface area contributed by atoms with Gasteiger partial charge in [0.05, 0.1) is 0 Å². The molecule has 1 rings (SSSR count). The van der Waals surface area contributed by atoms with E-state index >= 15 is 0 Å². The van der Waals surface area contributed by atoms with Crippen molar-refractivity contribution in [2.24, 2.45) is 11.7 Å². The van der Waals surface area contributed by atoms with Crippen LogP contribution in [0.3, 0.4) is 0 Å². The van der Waals surface area contributed by atoms with Gasteiger partial charge in [-0.1, -0.05) is 39.7 Å². The summed E-state index contributed by atoms with van der Waals surface area (Å²) in [6.45, 7) is 9.57. The maximum absolute atomic E-state index is 7.59. The smallest absolute Gasteiger partial charge is 0.142 e. The van der Waals surface area contributed by atoms with Gasteiger partial charge in [-0.15, -0.1) is 0 Å². The van der Waals surface area contributed by atoms with Crippen LogP contribution in [-0.4, -0.2) is 28.8 Å². The highest BCUT2D eigenvalue weighted by Gasteiger charge is 2.13. The van der Waals surface area contributed by atoms with Crippen LogP contribution in [0.25, 0.3) is 0 Å². The van der Waals surface area contributed by atoms with Gasteiger partial charge in [0.1, 0.15) is 11.5 Å². The van der Waals surface area contributed by atoms with Crippen LogP contribution in [-0.2, 0) is 6.54 Å². The third kappa shape index (κ3) is 4.63. The van der Waals surface area contributed by atoms with Crippen molar-refractivity contribution < 1.29 is 0 Å². The molecule has 4 nitrogen and oxygen atoms in total. The molecule has 0 saturated carbocycles. The van der Waals surface area contributed by atoms with Gasteiger partial charge < -0.3 is 5.73 Å². The van der Waals surface area contributed by atoms with Crippen LogP contribution in [0.15, 0.2) is 18.3 Å². The predicted octanol–water partition coefficient (Wildman–Crippen LogP) is 2.62. The lowest BCUT2D eigenvalue weighted by molar-refractivity contribution is 0.226. The van der Waals surface area contributed by atoms with Crippen molar-refractivity contribution in [1.29, 1.82) is 5.41 Å². The molecule has 0 atom stereocenters. The summed E-state index contributed by atoms with van der Waals surface area (Å²) in [5.41, 5.74) is 7.25.